The van der Waals surface area contributed by atoms with Gasteiger partial charge in [-0.2, -0.15) is 0 Å². The smallest absolute Gasteiger partial charge is 0.306 e. The summed E-state index contributed by atoms with van der Waals surface area (Å²) < 4.78 is 4.62. The Hall–Kier alpha value is -1.06. The Morgan fingerprint density at radius 1 is 1.53 bits per heavy atom. The standard InChI is InChI=1S/C13H18ClNO2/c1-10(11-5-4-6-12(14)9-11)15(2)8-7-13(16)17-3/h4-6,9-10H,7-8H2,1-3H3. The minimum Gasteiger partial charge on any atom is -0.469 e. The number of methoxy groups -OCH3 is 1. The molecule has 0 fully saturated rings. The normalized spacial score (nSPS) is 12.5. The molecule has 0 amide bonds. The van der Waals surface area contributed by atoms with Crippen LogP contribution >= 0.6 is 11.6 Å². The van der Waals surface area contributed by atoms with Crippen LogP contribution in [0.4, 0.5) is 0 Å². The van der Waals surface area contributed by atoms with E-state index >= 15 is 0 Å². The Balaban J connectivity index is 2.57. The molecule has 0 aromatic heterocycles. The summed E-state index contributed by atoms with van der Waals surface area (Å²) in [4.78, 5) is 13.2. The van der Waals surface area contributed by atoms with Crippen molar-refractivity contribution in [2.24, 2.45) is 0 Å². The Bertz CT molecular complexity index is 381. The highest BCUT2D eigenvalue weighted by molar-refractivity contribution is 6.30. The lowest BCUT2D eigenvalue weighted by Crippen LogP contribution is -2.25. The molecule has 0 aliphatic rings. The van der Waals surface area contributed by atoms with Crippen molar-refractivity contribution in [3.63, 3.8) is 0 Å². The van der Waals surface area contributed by atoms with Crippen molar-refractivity contribution in [3.8, 4) is 0 Å². The molecule has 0 radical (unpaired) electrons. The van der Waals surface area contributed by atoms with Crippen molar-refractivity contribution in [1.82, 2.24) is 4.90 Å². The summed E-state index contributed by atoms with van der Waals surface area (Å²) in [5.74, 6) is -0.185. The van der Waals surface area contributed by atoms with Gasteiger partial charge in [-0.15, -0.1) is 0 Å². The second-order valence-electron chi connectivity index (χ2n) is 4.04. The average molecular weight is 256 g/mol. The molecule has 0 aliphatic heterocycles. The van der Waals surface area contributed by atoms with E-state index in [-0.39, 0.29) is 12.0 Å². The van der Waals surface area contributed by atoms with Crippen LogP contribution in [0.1, 0.15) is 24.9 Å². The number of hydrogen-bond acceptors (Lipinski definition) is 3. The van der Waals surface area contributed by atoms with Crippen LogP contribution < -0.4 is 0 Å². The number of esters is 1. The third-order valence-corrected chi connectivity index (χ3v) is 3.12. The molecule has 0 bridgehead atoms. The van der Waals surface area contributed by atoms with E-state index in [1.165, 1.54) is 7.11 Å². The Morgan fingerprint density at radius 2 is 2.24 bits per heavy atom. The SMILES string of the molecule is COC(=O)CCN(C)C(C)c1cccc(Cl)c1. The molecule has 0 saturated heterocycles. The van der Waals surface area contributed by atoms with Gasteiger partial charge in [-0.3, -0.25) is 9.69 Å². The molecule has 0 heterocycles. The maximum Gasteiger partial charge on any atom is 0.306 e. The molecule has 1 aromatic rings. The third-order valence-electron chi connectivity index (χ3n) is 2.89. The van der Waals surface area contributed by atoms with Crippen LogP contribution in [0.3, 0.4) is 0 Å². The summed E-state index contributed by atoms with van der Waals surface area (Å²) in [6.07, 6.45) is 0.401. The van der Waals surface area contributed by atoms with Crippen molar-refractivity contribution in [2.75, 3.05) is 20.7 Å². The molecule has 17 heavy (non-hydrogen) atoms. The maximum absolute atomic E-state index is 11.1. The van der Waals surface area contributed by atoms with E-state index in [1.54, 1.807) is 0 Å². The molecule has 94 valence electrons. The molecular weight excluding hydrogens is 238 g/mol. The molecule has 1 aromatic carbocycles. The minimum atomic E-state index is -0.185. The van der Waals surface area contributed by atoms with Crippen molar-refractivity contribution in [2.45, 2.75) is 19.4 Å². The zero-order valence-electron chi connectivity index (χ0n) is 10.4. The summed E-state index contributed by atoms with van der Waals surface area (Å²) in [5, 5.41) is 0.732. The number of ether oxygens (including phenoxy) is 1. The lowest BCUT2D eigenvalue weighted by molar-refractivity contribution is -0.141. The highest BCUT2D eigenvalue weighted by atomic mass is 35.5. The highest BCUT2D eigenvalue weighted by Gasteiger charge is 2.13. The van der Waals surface area contributed by atoms with Gasteiger partial charge in [0.1, 0.15) is 0 Å². The molecule has 3 nitrogen and oxygen atoms in total. The van der Waals surface area contributed by atoms with Gasteiger partial charge < -0.3 is 4.74 Å². The van der Waals surface area contributed by atoms with Crippen molar-refractivity contribution in [1.29, 1.82) is 0 Å². The van der Waals surface area contributed by atoms with Crippen molar-refractivity contribution >= 4 is 17.6 Å². The summed E-state index contributed by atoms with van der Waals surface area (Å²) in [5.41, 5.74) is 1.14. The van der Waals surface area contributed by atoms with Gasteiger partial charge in [0, 0.05) is 17.6 Å². The van der Waals surface area contributed by atoms with E-state index in [1.807, 2.05) is 31.3 Å². The first-order valence-corrected chi connectivity index (χ1v) is 5.95. The van der Waals surface area contributed by atoms with E-state index in [0.29, 0.717) is 13.0 Å². The topological polar surface area (TPSA) is 29.5 Å². The monoisotopic (exact) mass is 255 g/mol. The fraction of sp³-hybridized carbons (Fsp3) is 0.462. The Kier molecular flexibility index (Phi) is 5.45. The van der Waals surface area contributed by atoms with Crippen molar-refractivity contribution in [3.05, 3.63) is 34.9 Å². The summed E-state index contributed by atoms with van der Waals surface area (Å²) >= 11 is 5.95. The predicted octanol–water partition coefficient (Wildman–Crippen LogP) is 2.90. The first kappa shape index (κ1) is 14.0. The summed E-state index contributed by atoms with van der Waals surface area (Å²) in [6, 6.07) is 7.99. The first-order chi connectivity index (χ1) is 8.04. The second kappa shape index (κ2) is 6.62. The van der Waals surface area contributed by atoms with Gasteiger partial charge >= 0.3 is 5.97 Å². The fourth-order valence-electron chi connectivity index (χ4n) is 1.58. The summed E-state index contributed by atoms with van der Waals surface area (Å²) in [6.45, 7) is 2.75. The Labute approximate surface area is 107 Å². The minimum absolute atomic E-state index is 0.185. The molecule has 1 unspecified atom stereocenters. The lowest BCUT2D eigenvalue weighted by Gasteiger charge is -2.24. The van der Waals surface area contributed by atoms with Gasteiger partial charge in [0.05, 0.1) is 13.5 Å². The van der Waals surface area contributed by atoms with E-state index < -0.39 is 0 Å². The number of nitrogens with zero attached hydrogens (tertiary/aromatic N) is 1. The Morgan fingerprint density at radius 3 is 2.82 bits per heavy atom. The number of hydrogen-bond donors (Lipinski definition) is 0. The molecular formula is C13H18ClNO2. The zero-order valence-corrected chi connectivity index (χ0v) is 11.2. The van der Waals surface area contributed by atoms with E-state index in [2.05, 4.69) is 16.6 Å². The van der Waals surface area contributed by atoms with Crippen LogP contribution in [0.25, 0.3) is 0 Å². The average Bonchev–Trinajstić information content (AvgIpc) is 2.34. The van der Waals surface area contributed by atoms with Crippen molar-refractivity contribution < 1.29 is 9.53 Å². The van der Waals surface area contributed by atoms with E-state index in [0.717, 1.165) is 10.6 Å². The molecule has 1 atom stereocenters. The summed E-state index contributed by atoms with van der Waals surface area (Å²) in [7, 11) is 3.39. The second-order valence-corrected chi connectivity index (χ2v) is 4.47. The van der Waals surface area contributed by atoms with Gasteiger partial charge in [0.15, 0.2) is 0 Å². The van der Waals surface area contributed by atoms with Crippen LogP contribution in [0.5, 0.6) is 0 Å². The molecule has 0 saturated carbocycles. The molecule has 1 rings (SSSR count). The molecule has 4 heteroatoms. The van der Waals surface area contributed by atoms with Gasteiger partial charge in [0.2, 0.25) is 0 Å². The van der Waals surface area contributed by atoms with Crippen LogP contribution in [0, 0.1) is 0 Å². The van der Waals surface area contributed by atoms with Gasteiger partial charge in [-0.05, 0) is 31.7 Å². The number of carbonyl (C=O) groups is 1. The zero-order chi connectivity index (χ0) is 12.8. The molecule has 0 aliphatic carbocycles. The molecule has 0 N–H and O–H groups in total. The van der Waals surface area contributed by atoms with E-state index in [9.17, 15) is 4.79 Å². The quantitative estimate of drug-likeness (QED) is 0.758. The molecule has 0 spiro atoms. The largest absolute Gasteiger partial charge is 0.469 e. The fourth-order valence-corrected chi connectivity index (χ4v) is 1.78. The first-order valence-electron chi connectivity index (χ1n) is 5.57. The van der Waals surface area contributed by atoms with Gasteiger partial charge in [-0.1, -0.05) is 23.7 Å². The van der Waals surface area contributed by atoms with Crippen LogP contribution in [0.2, 0.25) is 5.02 Å². The maximum atomic E-state index is 11.1. The highest BCUT2D eigenvalue weighted by Crippen LogP contribution is 2.21. The number of carbonyl (C=O) groups excluding carboxylic acids is 1. The van der Waals surface area contributed by atoms with Gasteiger partial charge in [-0.25, -0.2) is 0 Å². The van der Waals surface area contributed by atoms with Crippen LogP contribution in [-0.2, 0) is 9.53 Å². The number of halogens is 1. The number of rotatable bonds is 5. The predicted molar refractivity (Wildman–Crippen MR) is 69.1 cm³/mol. The van der Waals surface area contributed by atoms with E-state index in [4.69, 9.17) is 11.6 Å². The van der Waals surface area contributed by atoms with Crippen LogP contribution in [0.15, 0.2) is 24.3 Å². The van der Waals surface area contributed by atoms with Gasteiger partial charge in [0.25, 0.3) is 0 Å². The lowest BCUT2D eigenvalue weighted by atomic mass is 10.1. The van der Waals surface area contributed by atoms with Crippen LogP contribution in [-0.4, -0.2) is 31.6 Å². The third kappa shape index (κ3) is 4.36. The number of benzene rings is 1.